The second-order valence-corrected chi connectivity index (χ2v) is 5.93. The molecule has 0 aliphatic heterocycles. The lowest BCUT2D eigenvalue weighted by Crippen LogP contribution is -2.13. The van der Waals surface area contributed by atoms with Gasteiger partial charge in [0.2, 0.25) is 0 Å². The molecular weight excluding hydrogens is 372 g/mol. The maximum atomic E-state index is 12.4. The van der Waals surface area contributed by atoms with Crippen molar-refractivity contribution in [2.24, 2.45) is 0 Å². The second kappa shape index (κ2) is 7.88. The molecule has 0 aliphatic carbocycles. The van der Waals surface area contributed by atoms with Crippen LogP contribution in [0.4, 0.5) is 11.4 Å². The molecule has 0 aliphatic rings. The highest BCUT2D eigenvalue weighted by atomic mass is 35.5. The number of benzene rings is 2. The minimum Gasteiger partial charge on any atom is -0.494 e. The summed E-state index contributed by atoms with van der Waals surface area (Å²) in [6, 6.07) is 12.8. The van der Waals surface area contributed by atoms with Gasteiger partial charge in [0.05, 0.1) is 23.3 Å². The van der Waals surface area contributed by atoms with E-state index in [9.17, 15) is 14.9 Å². The number of carbonyl (C=O) groups excluding carboxylic acids is 1. The van der Waals surface area contributed by atoms with Gasteiger partial charge in [-0.15, -0.1) is 0 Å². The van der Waals surface area contributed by atoms with Crippen molar-refractivity contribution in [3.05, 3.63) is 69.4 Å². The number of nitro benzene ring substituents is 1. The van der Waals surface area contributed by atoms with Crippen molar-refractivity contribution < 1.29 is 14.5 Å². The number of nitro groups is 1. The summed E-state index contributed by atoms with van der Waals surface area (Å²) in [5.41, 5.74) is 1.31. The summed E-state index contributed by atoms with van der Waals surface area (Å²) in [6.45, 7) is 2.16. The molecule has 2 aromatic carbocycles. The molecule has 1 aromatic heterocycles. The highest BCUT2D eigenvalue weighted by Crippen LogP contribution is 2.29. The summed E-state index contributed by atoms with van der Waals surface area (Å²) in [5.74, 6) is -0.191. The van der Waals surface area contributed by atoms with Gasteiger partial charge >= 0.3 is 0 Å². The van der Waals surface area contributed by atoms with Gasteiger partial charge in [0.1, 0.15) is 17.1 Å². The van der Waals surface area contributed by atoms with Crippen molar-refractivity contribution in [3.63, 3.8) is 0 Å². The third-order valence-electron chi connectivity index (χ3n) is 3.69. The van der Waals surface area contributed by atoms with E-state index in [0.29, 0.717) is 23.1 Å². The van der Waals surface area contributed by atoms with Crippen LogP contribution in [0.2, 0.25) is 5.02 Å². The quantitative estimate of drug-likeness (QED) is 0.485. The Morgan fingerprint density at radius 3 is 2.67 bits per heavy atom. The van der Waals surface area contributed by atoms with Gasteiger partial charge in [0.25, 0.3) is 11.6 Å². The topological polar surface area (TPSA) is 110 Å². The predicted molar refractivity (Wildman–Crippen MR) is 101 cm³/mol. The lowest BCUT2D eigenvalue weighted by Gasteiger charge is -2.07. The summed E-state index contributed by atoms with van der Waals surface area (Å²) in [4.78, 5) is 23.1. The molecule has 0 bridgehead atoms. The highest BCUT2D eigenvalue weighted by molar-refractivity contribution is 6.30. The van der Waals surface area contributed by atoms with Crippen molar-refractivity contribution in [1.29, 1.82) is 0 Å². The summed E-state index contributed by atoms with van der Waals surface area (Å²) < 4.78 is 5.26. The third-order valence-corrected chi connectivity index (χ3v) is 3.94. The van der Waals surface area contributed by atoms with Gasteiger partial charge in [-0.1, -0.05) is 23.7 Å². The molecule has 3 aromatic rings. The number of anilines is 1. The van der Waals surface area contributed by atoms with Crippen LogP contribution in [0.5, 0.6) is 5.75 Å². The van der Waals surface area contributed by atoms with Crippen molar-refractivity contribution in [2.75, 3.05) is 11.9 Å². The molecule has 0 saturated carbocycles. The van der Waals surface area contributed by atoms with Gasteiger partial charge in [0, 0.05) is 10.6 Å². The van der Waals surface area contributed by atoms with Gasteiger partial charge in [-0.25, -0.2) is 0 Å². The van der Waals surface area contributed by atoms with E-state index >= 15 is 0 Å². The number of hydrogen-bond donors (Lipinski definition) is 2. The van der Waals surface area contributed by atoms with Gasteiger partial charge in [-0.3, -0.25) is 20.0 Å². The van der Waals surface area contributed by atoms with Gasteiger partial charge < -0.3 is 10.1 Å². The molecule has 138 valence electrons. The minimum absolute atomic E-state index is 0.0658. The molecule has 27 heavy (non-hydrogen) atoms. The first-order chi connectivity index (χ1) is 13.0. The monoisotopic (exact) mass is 386 g/mol. The predicted octanol–water partition coefficient (Wildman–Crippen LogP) is 4.29. The maximum Gasteiger partial charge on any atom is 0.296 e. The first-order valence-corrected chi connectivity index (χ1v) is 8.39. The van der Waals surface area contributed by atoms with E-state index in [0.717, 1.165) is 5.56 Å². The molecule has 1 amide bonds. The molecule has 0 spiro atoms. The summed E-state index contributed by atoms with van der Waals surface area (Å²) in [7, 11) is 0. The zero-order valence-corrected chi connectivity index (χ0v) is 15.0. The number of nitrogens with one attached hydrogen (secondary N) is 2. The van der Waals surface area contributed by atoms with Crippen molar-refractivity contribution >= 4 is 28.9 Å². The zero-order valence-electron chi connectivity index (χ0n) is 14.2. The van der Waals surface area contributed by atoms with Crippen molar-refractivity contribution in [3.8, 4) is 17.0 Å². The van der Waals surface area contributed by atoms with Crippen LogP contribution in [0, 0.1) is 10.1 Å². The molecule has 0 atom stereocenters. The van der Waals surface area contributed by atoms with Crippen molar-refractivity contribution in [2.45, 2.75) is 6.92 Å². The maximum absolute atomic E-state index is 12.4. The Bertz CT molecular complexity index is 985. The number of H-pyrrole nitrogens is 1. The molecule has 0 saturated heterocycles. The fourth-order valence-electron chi connectivity index (χ4n) is 2.42. The van der Waals surface area contributed by atoms with Crippen LogP contribution in [0.1, 0.15) is 17.4 Å². The second-order valence-electron chi connectivity index (χ2n) is 5.50. The van der Waals surface area contributed by atoms with Crippen LogP contribution >= 0.6 is 11.6 Å². The number of aromatic amines is 1. The van der Waals surface area contributed by atoms with Gasteiger partial charge in [-0.2, -0.15) is 5.10 Å². The Labute approximate surface area is 159 Å². The average Bonchev–Trinajstić information content (AvgIpc) is 3.14. The first kappa shape index (κ1) is 18.4. The van der Waals surface area contributed by atoms with E-state index in [-0.39, 0.29) is 17.1 Å². The third kappa shape index (κ3) is 4.24. The SMILES string of the molecule is CCOc1ccc(NC(=O)c2cc(-c3ccc(Cl)cc3)n[nH]2)c([N+](=O)[O-])c1. The molecule has 9 heteroatoms. The summed E-state index contributed by atoms with van der Waals surface area (Å²) in [6.07, 6.45) is 0. The Hall–Kier alpha value is -3.39. The van der Waals surface area contributed by atoms with E-state index in [2.05, 4.69) is 15.5 Å². The van der Waals surface area contributed by atoms with Crippen LogP contribution in [-0.2, 0) is 0 Å². The van der Waals surface area contributed by atoms with E-state index in [1.54, 1.807) is 43.3 Å². The van der Waals surface area contributed by atoms with E-state index < -0.39 is 10.8 Å². The molecule has 0 unspecified atom stereocenters. The Morgan fingerprint density at radius 1 is 1.26 bits per heavy atom. The molecule has 0 fully saturated rings. The van der Waals surface area contributed by atoms with E-state index in [1.807, 2.05) is 0 Å². The Morgan fingerprint density at radius 2 is 2.00 bits per heavy atom. The van der Waals surface area contributed by atoms with Gasteiger partial charge in [0.15, 0.2) is 0 Å². The van der Waals surface area contributed by atoms with E-state index in [1.165, 1.54) is 12.1 Å². The average molecular weight is 387 g/mol. The Balaban J connectivity index is 1.81. The van der Waals surface area contributed by atoms with E-state index in [4.69, 9.17) is 16.3 Å². The zero-order chi connectivity index (χ0) is 19.4. The Kier molecular flexibility index (Phi) is 5.37. The lowest BCUT2D eigenvalue weighted by molar-refractivity contribution is -0.384. The number of hydrogen-bond acceptors (Lipinski definition) is 5. The molecule has 3 rings (SSSR count). The molecule has 8 nitrogen and oxygen atoms in total. The van der Waals surface area contributed by atoms with Crippen LogP contribution in [0.3, 0.4) is 0 Å². The number of rotatable bonds is 6. The number of carbonyl (C=O) groups is 1. The normalized spacial score (nSPS) is 10.4. The van der Waals surface area contributed by atoms with Crippen molar-refractivity contribution in [1.82, 2.24) is 10.2 Å². The molecule has 1 heterocycles. The summed E-state index contributed by atoms with van der Waals surface area (Å²) in [5, 5.41) is 21.1. The number of ether oxygens (including phenoxy) is 1. The standard InChI is InChI=1S/C18H15ClN4O4/c1-2-27-13-7-8-14(17(9-13)23(25)26)20-18(24)16-10-15(21-22-16)11-3-5-12(19)6-4-11/h3-10H,2H2,1H3,(H,20,24)(H,21,22). The van der Waals surface area contributed by atoms with Gasteiger partial charge in [-0.05, 0) is 37.3 Å². The molecular formula is C18H15ClN4O4. The number of halogens is 1. The van der Waals surface area contributed by atoms with Crippen LogP contribution < -0.4 is 10.1 Å². The number of amides is 1. The van der Waals surface area contributed by atoms with Crippen LogP contribution in [-0.4, -0.2) is 27.6 Å². The highest BCUT2D eigenvalue weighted by Gasteiger charge is 2.19. The smallest absolute Gasteiger partial charge is 0.296 e. The molecule has 0 radical (unpaired) electrons. The molecule has 2 N–H and O–H groups in total. The number of nitrogens with zero attached hydrogens (tertiary/aromatic N) is 2. The summed E-state index contributed by atoms with van der Waals surface area (Å²) >= 11 is 5.86. The minimum atomic E-state index is -0.579. The fourth-order valence-corrected chi connectivity index (χ4v) is 2.55. The fraction of sp³-hybridized carbons (Fsp3) is 0.111. The lowest BCUT2D eigenvalue weighted by atomic mass is 10.1. The largest absolute Gasteiger partial charge is 0.494 e. The van der Waals surface area contributed by atoms with Crippen LogP contribution in [0.25, 0.3) is 11.3 Å². The number of aromatic nitrogens is 2. The van der Waals surface area contributed by atoms with Crippen LogP contribution in [0.15, 0.2) is 48.5 Å². The first-order valence-electron chi connectivity index (χ1n) is 8.02.